The van der Waals surface area contributed by atoms with Crippen molar-refractivity contribution in [3.8, 4) is 0 Å². The number of fused-ring (bicyclic) bond motifs is 1. The Morgan fingerprint density at radius 3 is 1.94 bits per heavy atom. The van der Waals surface area contributed by atoms with E-state index in [4.69, 9.17) is 5.73 Å². The van der Waals surface area contributed by atoms with E-state index in [1.165, 1.54) is 0 Å². The van der Waals surface area contributed by atoms with Gasteiger partial charge in [-0.3, -0.25) is 4.79 Å². The number of primary amides is 1. The van der Waals surface area contributed by atoms with Crippen molar-refractivity contribution < 1.29 is 44.3 Å². The van der Waals surface area contributed by atoms with Crippen molar-refractivity contribution in [1.29, 1.82) is 0 Å². The maximum atomic E-state index is 11.0. The molecule has 1 amide bonds. The Labute approximate surface area is 118 Å². The van der Waals surface area contributed by atoms with Crippen LogP contribution >= 0.6 is 0 Å². The minimum Gasteiger partial charge on any atom is -0.543 e. The zero-order valence-electron chi connectivity index (χ0n) is 9.01. The normalized spacial score (nSPS) is 9.65. The van der Waals surface area contributed by atoms with Crippen molar-refractivity contribution in [2.45, 2.75) is 0 Å². The van der Waals surface area contributed by atoms with Crippen LogP contribution in [0.4, 0.5) is 0 Å². The molecule has 0 fully saturated rings. The first-order chi connectivity index (χ1) is 7.59. The van der Waals surface area contributed by atoms with Gasteiger partial charge in [-0.2, -0.15) is 0 Å². The minimum atomic E-state index is -1.58. The number of para-hydroxylation sites is 2. The fourth-order valence-electron chi connectivity index (χ4n) is 1.31. The Balaban J connectivity index is 0.00000144. The first kappa shape index (κ1) is 13.6. The molecule has 80 valence electrons. The predicted octanol–water partition coefficient (Wildman–Crippen LogP) is -3.90. The Morgan fingerprint density at radius 1 is 1.06 bits per heavy atom. The summed E-state index contributed by atoms with van der Waals surface area (Å²) in [5, 5.41) is 10.7. The average Bonchev–Trinajstić information content (AvgIpc) is 2.27. The molecular formula is C10H6N3NaO3. The third-order valence-corrected chi connectivity index (χ3v) is 2.00. The summed E-state index contributed by atoms with van der Waals surface area (Å²) in [6, 6.07) is 6.56. The zero-order chi connectivity index (χ0) is 11.7. The van der Waals surface area contributed by atoms with Crippen LogP contribution < -0.4 is 40.4 Å². The number of nitrogens with two attached hydrogens (primary N) is 1. The van der Waals surface area contributed by atoms with Gasteiger partial charge in [-0.05, 0) is 12.1 Å². The third-order valence-electron chi connectivity index (χ3n) is 2.00. The second-order valence-corrected chi connectivity index (χ2v) is 3.06. The molecule has 0 atom stereocenters. The van der Waals surface area contributed by atoms with Gasteiger partial charge < -0.3 is 15.6 Å². The molecule has 0 saturated carbocycles. The number of hydrogen-bond donors (Lipinski definition) is 1. The molecule has 17 heavy (non-hydrogen) atoms. The monoisotopic (exact) mass is 239 g/mol. The number of carboxylic acid groups (broad SMARTS) is 1. The Kier molecular flexibility index (Phi) is 4.17. The molecule has 1 aromatic carbocycles. The molecule has 0 radical (unpaired) electrons. The van der Waals surface area contributed by atoms with Crippen molar-refractivity contribution in [1.82, 2.24) is 9.97 Å². The van der Waals surface area contributed by atoms with Crippen LogP contribution in [0.25, 0.3) is 11.0 Å². The van der Waals surface area contributed by atoms with E-state index in [0.29, 0.717) is 11.0 Å². The zero-order valence-corrected chi connectivity index (χ0v) is 11.0. The summed E-state index contributed by atoms with van der Waals surface area (Å²) >= 11 is 0. The standard InChI is InChI=1S/C10H7N3O3.Na/c11-9(14)7-8(10(15)16)13-6-4-2-1-3-5(6)12-7;/h1-4H,(H2,11,14)(H,15,16);/q;+1/p-1. The number of rotatable bonds is 2. The van der Waals surface area contributed by atoms with E-state index in [0.717, 1.165) is 0 Å². The second-order valence-electron chi connectivity index (χ2n) is 3.06. The molecule has 0 saturated heterocycles. The third kappa shape index (κ3) is 2.60. The molecule has 0 spiro atoms. The van der Waals surface area contributed by atoms with E-state index in [1.807, 2.05) is 0 Å². The fraction of sp³-hybridized carbons (Fsp3) is 0. The van der Waals surface area contributed by atoms with Crippen LogP contribution in [-0.2, 0) is 0 Å². The van der Waals surface area contributed by atoms with Crippen molar-refractivity contribution in [2.24, 2.45) is 5.73 Å². The van der Waals surface area contributed by atoms with Crippen LogP contribution in [-0.4, -0.2) is 21.8 Å². The number of nitrogens with zero attached hydrogens (tertiary/aromatic N) is 2. The molecule has 0 bridgehead atoms. The molecule has 2 N–H and O–H groups in total. The van der Waals surface area contributed by atoms with Crippen molar-refractivity contribution in [3.63, 3.8) is 0 Å². The van der Waals surface area contributed by atoms with E-state index in [1.54, 1.807) is 24.3 Å². The van der Waals surface area contributed by atoms with Gasteiger partial charge in [0, 0.05) is 0 Å². The van der Waals surface area contributed by atoms with Crippen LogP contribution in [0.2, 0.25) is 0 Å². The predicted molar refractivity (Wildman–Crippen MR) is 52.4 cm³/mol. The average molecular weight is 239 g/mol. The summed E-state index contributed by atoms with van der Waals surface area (Å²) < 4.78 is 0. The van der Waals surface area contributed by atoms with Gasteiger partial charge in [0.2, 0.25) is 0 Å². The van der Waals surface area contributed by atoms with Gasteiger partial charge in [0.25, 0.3) is 5.91 Å². The van der Waals surface area contributed by atoms with Crippen molar-refractivity contribution in [2.75, 3.05) is 0 Å². The second kappa shape index (κ2) is 5.22. The molecule has 1 aromatic heterocycles. The van der Waals surface area contributed by atoms with Gasteiger partial charge in [0.05, 0.1) is 17.0 Å². The Hall–Kier alpha value is -1.50. The summed E-state index contributed by atoms with van der Waals surface area (Å²) in [7, 11) is 0. The van der Waals surface area contributed by atoms with Gasteiger partial charge in [0.15, 0.2) is 5.69 Å². The Bertz CT molecular complexity index is 548. The number of carbonyl (C=O) groups is 2. The van der Waals surface area contributed by atoms with E-state index in [9.17, 15) is 14.7 Å². The number of hydrogen-bond acceptors (Lipinski definition) is 5. The van der Waals surface area contributed by atoms with E-state index in [2.05, 4.69) is 9.97 Å². The number of amides is 1. The maximum Gasteiger partial charge on any atom is 1.00 e. The summed E-state index contributed by atoms with van der Waals surface area (Å²) in [6.07, 6.45) is 0. The molecule has 7 heteroatoms. The van der Waals surface area contributed by atoms with Crippen molar-refractivity contribution >= 4 is 22.9 Å². The summed E-state index contributed by atoms with van der Waals surface area (Å²) in [5.74, 6) is -2.52. The quantitative estimate of drug-likeness (QED) is 0.539. The number of carbonyl (C=O) groups excluding carboxylic acids is 2. The first-order valence-electron chi connectivity index (χ1n) is 4.37. The van der Waals surface area contributed by atoms with Crippen LogP contribution in [0.5, 0.6) is 0 Å². The van der Waals surface area contributed by atoms with Gasteiger partial charge in [-0.1, -0.05) is 12.1 Å². The van der Waals surface area contributed by atoms with E-state index < -0.39 is 23.3 Å². The van der Waals surface area contributed by atoms with Gasteiger partial charge >= 0.3 is 29.6 Å². The van der Waals surface area contributed by atoms with Crippen LogP contribution in [0.15, 0.2) is 24.3 Å². The summed E-state index contributed by atoms with van der Waals surface area (Å²) in [5.41, 5.74) is 4.86. The molecule has 0 aliphatic heterocycles. The fourth-order valence-corrected chi connectivity index (χ4v) is 1.31. The van der Waals surface area contributed by atoms with E-state index in [-0.39, 0.29) is 29.6 Å². The molecule has 1 heterocycles. The topological polar surface area (TPSA) is 109 Å². The largest absolute Gasteiger partial charge is 1.00 e. The maximum absolute atomic E-state index is 11.0. The first-order valence-corrected chi connectivity index (χ1v) is 4.37. The van der Waals surface area contributed by atoms with Gasteiger partial charge in [0.1, 0.15) is 5.69 Å². The van der Waals surface area contributed by atoms with Gasteiger partial charge in [-0.15, -0.1) is 0 Å². The minimum absolute atomic E-state index is 0. The van der Waals surface area contributed by atoms with Crippen LogP contribution in [0, 0.1) is 0 Å². The smallest absolute Gasteiger partial charge is 0.543 e. The van der Waals surface area contributed by atoms with Crippen LogP contribution in [0.3, 0.4) is 0 Å². The molecule has 2 rings (SSSR count). The molecule has 0 unspecified atom stereocenters. The Morgan fingerprint density at radius 2 is 1.53 bits per heavy atom. The molecule has 6 nitrogen and oxygen atoms in total. The molecule has 0 aliphatic carbocycles. The molecule has 0 aliphatic rings. The number of aromatic nitrogens is 2. The van der Waals surface area contributed by atoms with Gasteiger partial charge in [-0.25, -0.2) is 9.97 Å². The summed E-state index contributed by atoms with van der Waals surface area (Å²) in [6.45, 7) is 0. The number of carboxylic acids is 1. The van der Waals surface area contributed by atoms with E-state index >= 15 is 0 Å². The summed E-state index contributed by atoms with van der Waals surface area (Å²) in [4.78, 5) is 29.4. The number of benzene rings is 1. The SMILES string of the molecule is NC(=O)c1nc2ccccc2nc1C(=O)[O-].[Na+]. The molecule has 2 aromatic rings. The molecular weight excluding hydrogens is 233 g/mol. The van der Waals surface area contributed by atoms with Crippen molar-refractivity contribution in [3.05, 3.63) is 35.7 Å². The van der Waals surface area contributed by atoms with Crippen LogP contribution in [0.1, 0.15) is 21.0 Å². The number of aromatic carboxylic acids is 1.